The first kappa shape index (κ1) is 21.6. The van der Waals surface area contributed by atoms with Crippen molar-refractivity contribution in [2.75, 3.05) is 11.9 Å². The van der Waals surface area contributed by atoms with E-state index in [2.05, 4.69) is 10.4 Å². The van der Waals surface area contributed by atoms with Crippen LogP contribution in [0.5, 0.6) is 0 Å². The van der Waals surface area contributed by atoms with Gasteiger partial charge in [0, 0.05) is 17.6 Å². The normalized spacial score (nSPS) is 10.8. The van der Waals surface area contributed by atoms with Crippen LogP contribution in [-0.4, -0.2) is 33.2 Å². The van der Waals surface area contributed by atoms with Crippen molar-refractivity contribution in [2.45, 2.75) is 27.3 Å². The van der Waals surface area contributed by atoms with Crippen LogP contribution in [0.15, 0.2) is 18.2 Å². The maximum Gasteiger partial charge on any atom is 0.343 e. The molecule has 0 aliphatic rings. The van der Waals surface area contributed by atoms with Gasteiger partial charge in [-0.1, -0.05) is 37.0 Å². The number of halogens is 2. The molecule has 0 aliphatic carbocycles. The topological polar surface area (TPSA) is 116 Å². The van der Waals surface area contributed by atoms with Gasteiger partial charge in [-0.25, -0.2) is 4.79 Å². The number of nitro groups is 1. The fourth-order valence-electron chi connectivity index (χ4n) is 2.41. The number of nitrogens with one attached hydrogen (secondary N) is 1. The molecule has 0 saturated carbocycles. The number of benzene rings is 1. The van der Waals surface area contributed by atoms with Crippen LogP contribution in [0, 0.1) is 23.0 Å². The summed E-state index contributed by atoms with van der Waals surface area (Å²) in [4.78, 5) is 34.7. The lowest BCUT2D eigenvalue weighted by molar-refractivity contribution is -0.383. The van der Waals surface area contributed by atoms with E-state index >= 15 is 0 Å². The van der Waals surface area contributed by atoms with Gasteiger partial charge < -0.3 is 10.1 Å². The number of carbonyl (C=O) groups excluding carboxylic acids is 2. The number of carbonyl (C=O) groups is 2. The Morgan fingerprint density at radius 2 is 2.04 bits per heavy atom. The van der Waals surface area contributed by atoms with Gasteiger partial charge in [0.05, 0.1) is 10.6 Å². The number of hydrogen-bond donors (Lipinski definition) is 1. The SMILES string of the molecule is Cc1nn(CC(C)C)c(Cl)c1C(=O)OCC(=O)Nc1cc(Cl)ccc1[N+](=O)[O-]. The zero-order chi connectivity index (χ0) is 21.0. The van der Waals surface area contributed by atoms with Crippen molar-refractivity contribution in [2.24, 2.45) is 5.92 Å². The summed E-state index contributed by atoms with van der Waals surface area (Å²) < 4.78 is 6.47. The molecule has 11 heteroatoms. The Kier molecular flexibility index (Phi) is 6.98. The molecule has 0 unspecified atom stereocenters. The van der Waals surface area contributed by atoms with Crippen LogP contribution >= 0.6 is 23.2 Å². The molecule has 9 nitrogen and oxygen atoms in total. The molecule has 2 rings (SSSR count). The van der Waals surface area contributed by atoms with Crippen LogP contribution in [0.25, 0.3) is 0 Å². The molecule has 0 radical (unpaired) electrons. The van der Waals surface area contributed by atoms with E-state index in [9.17, 15) is 19.7 Å². The molecule has 0 saturated heterocycles. The fraction of sp³-hybridized carbons (Fsp3) is 0.353. The molecule has 0 atom stereocenters. The lowest BCUT2D eigenvalue weighted by Gasteiger charge is -2.08. The summed E-state index contributed by atoms with van der Waals surface area (Å²) in [7, 11) is 0. The Labute approximate surface area is 170 Å². The first-order valence-corrected chi connectivity index (χ1v) is 8.99. The molecule has 0 bridgehead atoms. The quantitative estimate of drug-likeness (QED) is 0.406. The molecule has 2 aromatic rings. The lowest BCUT2D eigenvalue weighted by Crippen LogP contribution is -2.21. The number of nitro benzene ring substituents is 1. The largest absolute Gasteiger partial charge is 0.452 e. The summed E-state index contributed by atoms with van der Waals surface area (Å²) in [6, 6.07) is 3.72. The van der Waals surface area contributed by atoms with E-state index in [0.29, 0.717) is 12.2 Å². The highest BCUT2D eigenvalue weighted by atomic mass is 35.5. The summed E-state index contributed by atoms with van der Waals surface area (Å²) in [6.45, 7) is 5.42. The van der Waals surface area contributed by atoms with Gasteiger partial charge in [0.1, 0.15) is 16.4 Å². The monoisotopic (exact) mass is 428 g/mol. The average Bonchev–Trinajstić information content (AvgIpc) is 2.85. The highest BCUT2D eigenvalue weighted by Crippen LogP contribution is 2.27. The van der Waals surface area contributed by atoms with E-state index < -0.39 is 23.4 Å². The van der Waals surface area contributed by atoms with Crippen LogP contribution in [0.4, 0.5) is 11.4 Å². The van der Waals surface area contributed by atoms with E-state index in [1.165, 1.54) is 16.8 Å². The van der Waals surface area contributed by atoms with Crippen molar-refractivity contribution in [3.63, 3.8) is 0 Å². The van der Waals surface area contributed by atoms with Crippen LogP contribution in [0.1, 0.15) is 29.9 Å². The number of rotatable bonds is 7. The first-order chi connectivity index (χ1) is 13.1. The summed E-state index contributed by atoms with van der Waals surface area (Å²) in [6.07, 6.45) is 0. The van der Waals surface area contributed by atoms with Crippen LogP contribution in [-0.2, 0) is 16.1 Å². The number of aromatic nitrogens is 2. The minimum Gasteiger partial charge on any atom is -0.452 e. The second-order valence-electron chi connectivity index (χ2n) is 6.37. The number of hydrogen-bond acceptors (Lipinski definition) is 6. The molecule has 0 spiro atoms. The van der Waals surface area contributed by atoms with Crippen molar-refractivity contribution in [3.05, 3.63) is 49.7 Å². The zero-order valence-electron chi connectivity index (χ0n) is 15.4. The van der Waals surface area contributed by atoms with E-state index in [0.717, 1.165) is 6.07 Å². The van der Waals surface area contributed by atoms with Crippen molar-refractivity contribution < 1.29 is 19.2 Å². The Balaban J connectivity index is 2.06. The summed E-state index contributed by atoms with van der Waals surface area (Å²) in [5, 5.41) is 17.9. The van der Waals surface area contributed by atoms with Gasteiger partial charge in [0.25, 0.3) is 11.6 Å². The van der Waals surface area contributed by atoms with Gasteiger partial charge in [-0.2, -0.15) is 5.10 Å². The Bertz CT molecular complexity index is 927. The van der Waals surface area contributed by atoms with Crippen LogP contribution in [0.2, 0.25) is 10.2 Å². The van der Waals surface area contributed by atoms with E-state index in [1.54, 1.807) is 6.92 Å². The van der Waals surface area contributed by atoms with Crippen molar-refractivity contribution in [1.82, 2.24) is 9.78 Å². The molecule has 1 aromatic heterocycles. The summed E-state index contributed by atoms with van der Waals surface area (Å²) in [5.41, 5.74) is 0.0147. The predicted molar refractivity (Wildman–Crippen MR) is 104 cm³/mol. The number of anilines is 1. The highest BCUT2D eigenvalue weighted by Gasteiger charge is 2.23. The molecule has 1 aromatic carbocycles. The number of aryl methyl sites for hydroxylation is 1. The number of nitrogens with zero attached hydrogens (tertiary/aromatic N) is 3. The predicted octanol–water partition coefficient (Wildman–Crippen LogP) is 3.86. The second kappa shape index (κ2) is 9.03. The van der Waals surface area contributed by atoms with Gasteiger partial charge in [0.2, 0.25) is 0 Å². The van der Waals surface area contributed by atoms with E-state index in [4.69, 9.17) is 27.9 Å². The average molecular weight is 429 g/mol. The van der Waals surface area contributed by atoms with E-state index in [1.807, 2.05) is 13.8 Å². The third-order valence-electron chi connectivity index (χ3n) is 3.57. The van der Waals surface area contributed by atoms with Crippen molar-refractivity contribution in [3.8, 4) is 0 Å². The number of esters is 1. The molecule has 1 heterocycles. The van der Waals surface area contributed by atoms with Gasteiger partial charge in [0.15, 0.2) is 6.61 Å². The van der Waals surface area contributed by atoms with Crippen LogP contribution < -0.4 is 5.32 Å². The van der Waals surface area contributed by atoms with Crippen molar-refractivity contribution >= 4 is 46.5 Å². The fourth-order valence-corrected chi connectivity index (χ4v) is 2.90. The molecule has 0 fully saturated rings. The molecule has 28 heavy (non-hydrogen) atoms. The molecular weight excluding hydrogens is 411 g/mol. The van der Waals surface area contributed by atoms with Crippen LogP contribution in [0.3, 0.4) is 0 Å². The Morgan fingerprint density at radius 1 is 1.36 bits per heavy atom. The van der Waals surface area contributed by atoms with Gasteiger partial charge >= 0.3 is 5.97 Å². The minimum absolute atomic E-state index is 0.0730. The second-order valence-corrected chi connectivity index (χ2v) is 7.16. The molecule has 1 N–H and O–H groups in total. The maximum atomic E-state index is 12.3. The Morgan fingerprint density at radius 3 is 2.64 bits per heavy atom. The van der Waals surface area contributed by atoms with Gasteiger partial charge in [-0.15, -0.1) is 0 Å². The molecule has 0 aliphatic heterocycles. The third-order valence-corrected chi connectivity index (χ3v) is 4.19. The van der Waals surface area contributed by atoms with E-state index in [-0.39, 0.29) is 33.0 Å². The maximum absolute atomic E-state index is 12.3. The first-order valence-electron chi connectivity index (χ1n) is 8.24. The third kappa shape index (κ3) is 5.20. The number of amides is 1. The lowest BCUT2D eigenvalue weighted by atomic mass is 10.2. The highest BCUT2D eigenvalue weighted by molar-refractivity contribution is 6.32. The smallest absolute Gasteiger partial charge is 0.343 e. The summed E-state index contributed by atoms with van der Waals surface area (Å²) >= 11 is 12.0. The van der Waals surface area contributed by atoms with Gasteiger partial charge in [-0.05, 0) is 25.0 Å². The van der Waals surface area contributed by atoms with Crippen molar-refractivity contribution in [1.29, 1.82) is 0 Å². The summed E-state index contributed by atoms with van der Waals surface area (Å²) in [5.74, 6) is -1.31. The Hall–Kier alpha value is -2.65. The number of ether oxygens (including phenoxy) is 1. The minimum atomic E-state index is -0.812. The molecular formula is C17H18Cl2N4O5. The molecule has 150 valence electrons. The standard InChI is InChI=1S/C17H18Cl2N4O5/c1-9(2)7-22-16(19)15(10(3)21-22)17(25)28-8-14(24)20-12-6-11(18)4-5-13(12)23(26)27/h4-6,9H,7-8H2,1-3H3,(H,20,24). The molecule has 1 amide bonds. The van der Waals surface area contributed by atoms with Gasteiger partial charge in [-0.3, -0.25) is 19.6 Å². The zero-order valence-corrected chi connectivity index (χ0v) is 16.9.